The van der Waals surface area contributed by atoms with Gasteiger partial charge >= 0.3 is 12.1 Å². The van der Waals surface area contributed by atoms with Crippen LogP contribution in [-0.4, -0.2) is 98.5 Å². The van der Waals surface area contributed by atoms with E-state index in [1.54, 1.807) is 28.0 Å². The normalized spacial score (nSPS) is 13.1. The van der Waals surface area contributed by atoms with E-state index in [2.05, 4.69) is 62.4 Å². The van der Waals surface area contributed by atoms with E-state index in [0.717, 1.165) is 27.8 Å². The van der Waals surface area contributed by atoms with Crippen LogP contribution >= 0.6 is 66.7 Å². The lowest BCUT2D eigenvalue weighted by molar-refractivity contribution is 0.195. The van der Waals surface area contributed by atoms with Crippen molar-refractivity contribution >= 4 is 90.6 Å². The molecule has 0 unspecified atom stereocenters. The molecule has 15 nitrogen and oxygen atoms in total. The van der Waals surface area contributed by atoms with Crippen molar-refractivity contribution in [3.8, 4) is 34.0 Å². The van der Waals surface area contributed by atoms with Crippen LogP contribution in [0.2, 0.25) is 10.0 Å². The van der Waals surface area contributed by atoms with Crippen molar-refractivity contribution in [2.45, 2.75) is 66.0 Å². The summed E-state index contributed by atoms with van der Waals surface area (Å²) in [4.78, 5) is 47.8. The van der Waals surface area contributed by atoms with E-state index in [9.17, 15) is 9.59 Å². The molecule has 0 saturated heterocycles. The minimum Gasteiger partial charge on any atom is -0.491 e. The molecule has 0 atom stereocenters. The van der Waals surface area contributed by atoms with Gasteiger partial charge in [-0.2, -0.15) is 0 Å². The van der Waals surface area contributed by atoms with Crippen molar-refractivity contribution in [3.63, 3.8) is 0 Å². The zero-order valence-electron chi connectivity index (χ0n) is 32.9. The molecular formula is C38H46Br2Cl3N11O4. The number of alkyl halides is 1. The minimum absolute atomic E-state index is 0.0365. The average molecular weight is 987 g/mol. The first-order chi connectivity index (χ1) is 27.4. The minimum atomic E-state index is -0.162. The van der Waals surface area contributed by atoms with Crippen LogP contribution in [0, 0.1) is 0 Å². The lowest BCUT2D eigenvalue weighted by Gasteiger charge is -2.18. The summed E-state index contributed by atoms with van der Waals surface area (Å²) in [5, 5.41) is 6.78. The molecular weight excluding hydrogens is 941 g/mol. The zero-order chi connectivity index (χ0) is 42.4. The van der Waals surface area contributed by atoms with Gasteiger partial charge in [-0.3, -0.25) is 0 Å². The molecule has 0 spiro atoms. The smallest absolute Gasteiger partial charge is 0.318 e. The first-order valence-electron chi connectivity index (χ1n) is 18.3. The summed E-state index contributed by atoms with van der Waals surface area (Å²) in [5.74, 6) is 1.89. The fourth-order valence-corrected chi connectivity index (χ4v) is 7.85. The molecule has 4 heterocycles. The molecule has 0 bridgehead atoms. The Morgan fingerprint density at radius 1 is 0.741 bits per heavy atom. The number of anilines is 2. The van der Waals surface area contributed by atoms with Gasteiger partial charge in [0, 0.05) is 40.9 Å². The molecule has 20 heteroatoms. The molecule has 0 aliphatic carbocycles. The molecule has 4 aromatic rings. The van der Waals surface area contributed by atoms with Gasteiger partial charge in [-0.1, -0.05) is 23.2 Å². The van der Waals surface area contributed by atoms with Gasteiger partial charge in [-0.05, 0) is 97.9 Å². The number of nitrogens with one attached hydrogen (secondary N) is 2. The Morgan fingerprint density at radius 3 is 1.53 bits per heavy atom. The second-order valence-corrected chi connectivity index (χ2v) is 17.2. The number of nitrogens with zero attached hydrogens (tertiary/aromatic N) is 7. The van der Waals surface area contributed by atoms with E-state index >= 15 is 0 Å². The molecule has 0 radical (unpaired) electrons. The van der Waals surface area contributed by atoms with Gasteiger partial charge in [0.25, 0.3) is 0 Å². The van der Waals surface area contributed by atoms with E-state index in [-0.39, 0.29) is 36.0 Å². The number of hydrogen-bond donors (Lipinski definition) is 4. The molecule has 6 N–H and O–H groups in total. The number of hydrogen-bond acceptors (Lipinski definition) is 11. The molecule has 58 heavy (non-hydrogen) atoms. The summed E-state index contributed by atoms with van der Waals surface area (Å²) in [7, 11) is 3.97. The van der Waals surface area contributed by atoms with E-state index in [0.29, 0.717) is 99.5 Å². The van der Waals surface area contributed by atoms with Crippen molar-refractivity contribution in [1.29, 1.82) is 0 Å². The topological polar surface area (TPSA) is 190 Å². The Bertz CT molecular complexity index is 2160. The Kier molecular flexibility index (Phi) is 15.5. The SMILES string of the molecule is CC(C)NC(=O)N1Cc2nc(N)nc(-c3cc(OCCCl)c(Br)cc3Cl)c2C1.CC(C)NC(=O)N1Cc2nc(N)nc(-c3cc(OCCN(C)C)c(Br)cc3Cl)c2C1. The second-order valence-electron chi connectivity index (χ2n) is 14.3. The van der Waals surface area contributed by atoms with Gasteiger partial charge in [0.1, 0.15) is 24.7 Å². The number of ether oxygens (including phenoxy) is 2. The first-order valence-corrected chi connectivity index (χ1v) is 21.2. The third kappa shape index (κ3) is 11.2. The van der Waals surface area contributed by atoms with E-state index in [1.807, 2.05) is 52.8 Å². The number of nitrogen functional groups attached to an aromatic ring is 2. The second kappa shape index (κ2) is 19.9. The van der Waals surface area contributed by atoms with Gasteiger partial charge in [0.15, 0.2) is 0 Å². The van der Waals surface area contributed by atoms with Crippen LogP contribution in [0.5, 0.6) is 11.5 Å². The van der Waals surface area contributed by atoms with E-state index in [4.69, 9.17) is 55.7 Å². The van der Waals surface area contributed by atoms with Crippen LogP contribution in [0.3, 0.4) is 0 Å². The highest BCUT2D eigenvalue weighted by atomic mass is 79.9. The quantitative estimate of drug-likeness (QED) is 0.108. The third-order valence-corrected chi connectivity index (χ3v) is 10.7. The average Bonchev–Trinajstić information content (AvgIpc) is 3.76. The van der Waals surface area contributed by atoms with Crippen molar-refractivity contribution in [2.75, 3.05) is 51.2 Å². The number of rotatable bonds is 11. The van der Waals surface area contributed by atoms with Crippen molar-refractivity contribution in [3.05, 3.63) is 65.8 Å². The Balaban J connectivity index is 0.000000221. The predicted molar refractivity (Wildman–Crippen MR) is 235 cm³/mol. The molecule has 0 fully saturated rings. The van der Waals surface area contributed by atoms with Crippen LogP contribution < -0.4 is 31.6 Å². The molecule has 2 aromatic carbocycles. The number of halogens is 5. The van der Waals surface area contributed by atoms with Crippen molar-refractivity contribution in [2.24, 2.45) is 0 Å². The summed E-state index contributed by atoms with van der Waals surface area (Å²) in [5.41, 5.74) is 17.6. The van der Waals surface area contributed by atoms with Gasteiger partial charge in [0.2, 0.25) is 11.9 Å². The number of likely N-dealkylation sites (N-methyl/N-ethyl adjacent to an activating group) is 1. The van der Waals surface area contributed by atoms with Crippen LogP contribution in [0.1, 0.15) is 50.2 Å². The molecule has 312 valence electrons. The van der Waals surface area contributed by atoms with Gasteiger partial charge in [0.05, 0.1) is 73.8 Å². The number of amides is 4. The lowest BCUT2D eigenvalue weighted by atomic mass is 10.1. The molecule has 2 aliphatic rings. The Labute approximate surface area is 369 Å². The van der Waals surface area contributed by atoms with Crippen molar-refractivity contribution < 1.29 is 19.1 Å². The largest absolute Gasteiger partial charge is 0.491 e. The number of nitrogens with two attached hydrogens (primary N) is 2. The maximum atomic E-state index is 12.5. The Morgan fingerprint density at radius 2 is 1.16 bits per heavy atom. The van der Waals surface area contributed by atoms with E-state index < -0.39 is 0 Å². The Hall–Kier alpha value is -3.87. The van der Waals surface area contributed by atoms with Gasteiger partial charge in [-0.15, -0.1) is 11.6 Å². The van der Waals surface area contributed by atoms with Crippen LogP contribution in [0.4, 0.5) is 21.5 Å². The number of fused-ring (bicyclic) bond motifs is 2. The maximum absolute atomic E-state index is 12.5. The predicted octanol–water partition coefficient (Wildman–Crippen LogP) is 7.71. The summed E-state index contributed by atoms with van der Waals surface area (Å²) in [6, 6.07) is 6.93. The lowest BCUT2D eigenvalue weighted by Crippen LogP contribution is -2.40. The maximum Gasteiger partial charge on any atom is 0.318 e. The number of aromatic nitrogens is 4. The molecule has 2 aromatic heterocycles. The van der Waals surface area contributed by atoms with Crippen LogP contribution in [0.15, 0.2) is 33.2 Å². The van der Waals surface area contributed by atoms with Crippen LogP contribution in [0.25, 0.3) is 22.5 Å². The molecule has 6 rings (SSSR count). The fourth-order valence-electron chi connectivity index (χ4n) is 6.09. The zero-order valence-corrected chi connectivity index (χ0v) is 38.4. The summed E-state index contributed by atoms with van der Waals surface area (Å²) >= 11 is 25.7. The summed E-state index contributed by atoms with van der Waals surface area (Å²) in [6.45, 7) is 10.8. The first kappa shape index (κ1) is 45.2. The van der Waals surface area contributed by atoms with Gasteiger partial charge in [-0.25, -0.2) is 29.5 Å². The number of urea groups is 2. The highest BCUT2D eigenvalue weighted by molar-refractivity contribution is 9.11. The standard InChI is InChI=1S/C20H26BrClN6O2.C18H20BrCl2N5O2/c1-11(2)24-20(29)28-9-13-16(10-28)25-19(23)26-18(13)12-7-17(14(21)8-15(12)22)30-6-5-27(3)4;1-9(2)23-18(27)26-7-11-14(8-26)24-17(22)25-16(11)10-5-15(28-4-3-20)12(19)6-13(10)21/h7-8,11H,5-6,9-10H2,1-4H3,(H,24,29)(H2,23,25,26);5-6,9H,3-4,7-8H2,1-2H3,(H,23,27)(H2,22,24,25). The van der Waals surface area contributed by atoms with Gasteiger partial charge < -0.3 is 46.3 Å². The molecule has 0 saturated carbocycles. The molecule has 2 aliphatic heterocycles. The number of carbonyl (C=O) groups excluding carboxylic acids is 2. The molecule has 4 amide bonds. The third-order valence-electron chi connectivity index (χ3n) is 8.68. The number of carbonyl (C=O) groups is 2. The highest BCUT2D eigenvalue weighted by Gasteiger charge is 2.31. The summed E-state index contributed by atoms with van der Waals surface area (Å²) < 4.78 is 13.1. The summed E-state index contributed by atoms with van der Waals surface area (Å²) in [6.07, 6.45) is 0. The van der Waals surface area contributed by atoms with Crippen molar-refractivity contribution in [1.82, 2.24) is 45.3 Å². The monoisotopic (exact) mass is 983 g/mol. The van der Waals surface area contributed by atoms with Crippen LogP contribution in [-0.2, 0) is 26.2 Å². The van der Waals surface area contributed by atoms with E-state index in [1.165, 1.54) is 0 Å². The fraction of sp³-hybridized carbons (Fsp3) is 0.421. The number of benzene rings is 2. The highest BCUT2D eigenvalue weighted by Crippen LogP contribution is 2.41.